The second-order valence-corrected chi connectivity index (χ2v) is 5.95. The topological polar surface area (TPSA) is 50.4 Å². The van der Waals surface area contributed by atoms with Gasteiger partial charge in [0.1, 0.15) is 5.60 Å². The van der Waals surface area contributed by atoms with Gasteiger partial charge >= 0.3 is 6.09 Å². The van der Waals surface area contributed by atoms with Gasteiger partial charge in [0.05, 0.1) is 0 Å². The Labute approximate surface area is 106 Å². The molecule has 1 rings (SSSR count). The summed E-state index contributed by atoms with van der Waals surface area (Å²) in [4.78, 5) is 13.9. The van der Waals surface area contributed by atoms with Gasteiger partial charge in [-0.1, -0.05) is 6.92 Å². The molecule has 0 aromatic carbocycles. The van der Waals surface area contributed by atoms with Crippen molar-refractivity contribution < 1.29 is 9.53 Å². The Kier molecular flexibility index (Phi) is 4.96. The smallest absolute Gasteiger partial charge is 0.422 e. The number of thiophene rings is 1. The van der Waals surface area contributed by atoms with Crippen molar-refractivity contribution >= 4 is 17.4 Å². The van der Waals surface area contributed by atoms with Crippen LogP contribution in [0.15, 0.2) is 12.1 Å². The summed E-state index contributed by atoms with van der Waals surface area (Å²) in [7, 11) is 0. The molecule has 0 radical (unpaired) electrons. The minimum absolute atomic E-state index is 0.454. The molecular weight excluding hydrogens is 236 g/mol. The van der Waals surface area contributed by atoms with Crippen LogP contribution in [-0.4, -0.2) is 11.7 Å². The Hall–Kier alpha value is -1.07. The molecule has 1 aromatic heterocycles. The van der Waals surface area contributed by atoms with Crippen LogP contribution in [0.25, 0.3) is 0 Å². The number of hydrogen-bond acceptors (Lipinski definition) is 4. The fourth-order valence-corrected chi connectivity index (χ4v) is 2.11. The summed E-state index contributed by atoms with van der Waals surface area (Å²) in [6, 6.07) is 4.17. The van der Waals surface area contributed by atoms with Gasteiger partial charge in [0.15, 0.2) is 0 Å². The first-order chi connectivity index (χ1) is 7.90. The molecular formula is C12H20N2O2S. The largest absolute Gasteiger partial charge is 0.443 e. The highest BCUT2D eigenvalue weighted by Crippen LogP contribution is 2.16. The van der Waals surface area contributed by atoms with E-state index in [1.807, 2.05) is 20.8 Å². The lowest BCUT2D eigenvalue weighted by Crippen LogP contribution is -2.40. The number of rotatable bonds is 4. The van der Waals surface area contributed by atoms with E-state index >= 15 is 0 Å². The maximum Gasteiger partial charge on any atom is 0.422 e. The van der Waals surface area contributed by atoms with Gasteiger partial charge in [0.2, 0.25) is 0 Å². The average Bonchev–Trinajstić information content (AvgIpc) is 2.63. The van der Waals surface area contributed by atoms with Crippen LogP contribution in [0.2, 0.25) is 0 Å². The SMILES string of the molecule is CCc1ccc(CNNC(=O)OC(C)(C)C)s1. The molecule has 0 atom stereocenters. The highest BCUT2D eigenvalue weighted by Gasteiger charge is 2.15. The highest BCUT2D eigenvalue weighted by molar-refractivity contribution is 7.11. The predicted molar refractivity (Wildman–Crippen MR) is 69.9 cm³/mol. The van der Waals surface area contributed by atoms with Crippen LogP contribution in [0.1, 0.15) is 37.4 Å². The molecule has 17 heavy (non-hydrogen) atoms. The van der Waals surface area contributed by atoms with Crippen LogP contribution in [-0.2, 0) is 17.7 Å². The summed E-state index contributed by atoms with van der Waals surface area (Å²) in [6.07, 6.45) is 0.592. The molecule has 0 aliphatic heterocycles. The lowest BCUT2D eigenvalue weighted by Gasteiger charge is -2.19. The normalized spacial score (nSPS) is 11.3. The van der Waals surface area contributed by atoms with Crippen molar-refractivity contribution in [1.29, 1.82) is 0 Å². The van der Waals surface area contributed by atoms with E-state index in [0.717, 1.165) is 6.42 Å². The van der Waals surface area contributed by atoms with Gasteiger partial charge in [0, 0.05) is 16.3 Å². The van der Waals surface area contributed by atoms with Gasteiger partial charge in [-0.05, 0) is 39.3 Å². The quantitative estimate of drug-likeness (QED) is 0.814. The Morgan fingerprint density at radius 1 is 1.35 bits per heavy atom. The molecule has 4 nitrogen and oxygen atoms in total. The van der Waals surface area contributed by atoms with Crippen molar-refractivity contribution in [2.75, 3.05) is 0 Å². The summed E-state index contributed by atoms with van der Waals surface area (Å²) >= 11 is 1.74. The molecule has 1 aromatic rings. The number of carbonyl (C=O) groups excluding carboxylic acids is 1. The summed E-state index contributed by atoms with van der Waals surface area (Å²) in [6.45, 7) is 8.24. The van der Waals surface area contributed by atoms with Crippen molar-refractivity contribution in [2.45, 2.75) is 46.3 Å². The monoisotopic (exact) mass is 256 g/mol. The number of hydrogen-bond donors (Lipinski definition) is 2. The van der Waals surface area contributed by atoms with Crippen LogP contribution in [0, 0.1) is 0 Å². The summed E-state index contributed by atoms with van der Waals surface area (Å²) in [5, 5.41) is 0. The molecule has 1 heterocycles. The van der Waals surface area contributed by atoms with Gasteiger partial charge in [-0.3, -0.25) is 5.43 Å². The van der Waals surface area contributed by atoms with Crippen molar-refractivity contribution in [2.24, 2.45) is 0 Å². The van der Waals surface area contributed by atoms with Gasteiger partial charge in [0.25, 0.3) is 0 Å². The average molecular weight is 256 g/mol. The van der Waals surface area contributed by atoms with E-state index in [1.165, 1.54) is 9.75 Å². The third-order valence-electron chi connectivity index (χ3n) is 1.92. The molecule has 0 saturated heterocycles. The second-order valence-electron chi connectivity index (χ2n) is 4.70. The molecule has 0 aliphatic carbocycles. The zero-order chi connectivity index (χ0) is 12.9. The first-order valence-electron chi connectivity index (χ1n) is 5.70. The fraction of sp³-hybridized carbons (Fsp3) is 0.583. The van der Waals surface area contributed by atoms with Gasteiger partial charge in [-0.2, -0.15) is 0 Å². The molecule has 1 amide bonds. The van der Waals surface area contributed by atoms with Crippen molar-refractivity contribution in [3.8, 4) is 0 Å². The summed E-state index contributed by atoms with van der Waals surface area (Å²) in [5.41, 5.74) is 4.89. The highest BCUT2D eigenvalue weighted by atomic mass is 32.1. The predicted octanol–water partition coefficient (Wildman–Crippen LogP) is 2.84. The zero-order valence-corrected chi connectivity index (χ0v) is 11.6. The number of nitrogens with one attached hydrogen (secondary N) is 2. The van der Waals surface area contributed by atoms with E-state index in [-0.39, 0.29) is 0 Å². The van der Waals surface area contributed by atoms with E-state index in [0.29, 0.717) is 6.54 Å². The molecule has 96 valence electrons. The first kappa shape index (κ1) is 14.0. The lowest BCUT2D eigenvalue weighted by atomic mass is 10.2. The maximum atomic E-state index is 11.3. The van der Waals surface area contributed by atoms with Crippen LogP contribution < -0.4 is 10.9 Å². The van der Waals surface area contributed by atoms with Crippen LogP contribution in [0.3, 0.4) is 0 Å². The van der Waals surface area contributed by atoms with Gasteiger partial charge in [-0.25, -0.2) is 10.2 Å². The summed E-state index contributed by atoms with van der Waals surface area (Å²) in [5.74, 6) is 0. The molecule has 0 fully saturated rings. The third kappa shape index (κ3) is 5.70. The molecule has 0 bridgehead atoms. The maximum absolute atomic E-state index is 11.3. The molecule has 0 saturated carbocycles. The molecule has 2 N–H and O–H groups in total. The number of amides is 1. The van der Waals surface area contributed by atoms with E-state index in [1.54, 1.807) is 11.3 Å². The standard InChI is InChI=1S/C12H20N2O2S/c1-5-9-6-7-10(17-9)8-13-14-11(15)16-12(2,3)4/h6-7,13H,5,8H2,1-4H3,(H,14,15). The second kappa shape index (κ2) is 6.02. The summed E-state index contributed by atoms with van der Waals surface area (Å²) < 4.78 is 5.09. The fourth-order valence-electron chi connectivity index (χ4n) is 1.21. The third-order valence-corrected chi connectivity index (χ3v) is 3.15. The number of carbonyl (C=O) groups is 1. The van der Waals surface area contributed by atoms with Gasteiger partial charge in [-0.15, -0.1) is 11.3 Å². The Morgan fingerprint density at radius 3 is 2.53 bits per heavy atom. The zero-order valence-electron chi connectivity index (χ0n) is 10.8. The Morgan fingerprint density at radius 2 is 2.00 bits per heavy atom. The van der Waals surface area contributed by atoms with Crippen molar-refractivity contribution in [3.05, 3.63) is 21.9 Å². The van der Waals surface area contributed by atoms with Crippen LogP contribution in [0.4, 0.5) is 4.79 Å². The van der Waals surface area contributed by atoms with E-state index in [4.69, 9.17) is 4.74 Å². The molecule has 0 aliphatic rings. The first-order valence-corrected chi connectivity index (χ1v) is 6.52. The lowest BCUT2D eigenvalue weighted by molar-refractivity contribution is 0.0497. The molecule has 0 unspecified atom stereocenters. The van der Waals surface area contributed by atoms with Crippen molar-refractivity contribution in [1.82, 2.24) is 10.9 Å². The van der Waals surface area contributed by atoms with Crippen LogP contribution >= 0.6 is 11.3 Å². The number of hydrazine groups is 1. The van der Waals surface area contributed by atoms with E-state index in [9.17, 15) is 4.79 Å². The van der Waals surface area contributed by atoms with Gasteiger partial charge < -0.3 is 4.74 Å². The van der Waals surface area contributed by atoms with E-state index in [2.05, 4.69) is 29.9 Å². The molecule has 5 heteroatoms. The van der Waals surface area contributed by atoms with Crippen molar-refractivity contribution in [3.63, 3.8) is 0 Å². The number of aryl methyl sites for hydroxylation is 1. The minimum Gasteiger partial charge on any atom is -0.443 e. The number of ether oxygens (including phenoxy) is 1. The minimum atomic E-state index is -0.468. The Balaban J connectivity index is 2.26. The van der Waals surface area contributed by atoms with E-state index < -0.39 is 11.7 Å². The Bertz CT molecular complexity index is 369. The van der Waals surface area contributed by atoms with Crippen LogP contribution in [0.5, 0.6) is 0 Å². The molecule has 0 spiro atoms.